The minimum atomic E-state index is -0.283. The van der Waals surface area contributed by atoms with E-state index in [0.717, 1.165) is 25.2 Å². The van der Waals surface area contributed by atoms with Gasteiger partial charge < -0.3 is 19.6 Å². The van der Waals surface area contributed by atoms with E-state index in [0.29, 0.717) is 24.5 Å². The van der Waals surface area contributed by atoms with Crippen molar-refractivity contribution in [3.8, 4) is 0 Å². The summed E-state index contributed by atoms with van der Waals surface area (Å²) >= 11 is 0. The van der Waals surface area contributed by atoms with Gasteiger partial charge in [0.15, 0.2) is 5.82 Å². The van der Waals surface area contributed by atoms with Gasteiger partial charge in [0, 0.05) is 19.2 Å². The van der Waals surface area contributed by atoms with E-state index in [9.17, 15) is 9.59 Å². The van der Waals surface area contributed by atoms with Crippen LogP contribution in [-0.2, 0) is 9.59 Å². The molecule has 7 nitrogen and oxygen atoms in total. The number of nitrogens with one attached hydrogen (secondary N) is 1. The molecule has 2 aromatic rings. The molecule has 0 saturated carbocycles. The molecule has 1 atom stereocenters. The van der Waals surface area contributed by atoms with E-state index < -0.39 is 0 Å². The summed E-state index contributed by atoms with van der Waals surface area (Å²) in [6.07, 6.45) is 0.675. The quantitative estimate of drug-likeness (QED) is 0.626. The van der Waals surface area contributed by atoms with E-state index in [1.807, 2.05) is 37.3 Å². The van der Waals surface area contributed by atoms with E-state index in [1.165, 1.54) is 0 Å². The zero-order valence-electron chi connectivity index (χ0n) is 17.9. The van der Waals surface area contributed by atoms with E-state index in [-0.39, 0.29) is 24.3 Å². The van der Waals surface area contributed by atoms with Crippen LogP contribution in [0, 0.1) is 6.92 Å². The molecule has 0 aliphatic carbocycles. The minimum absolute atomic E-state index is 0.0185. The topological polar surface area (TPSA) is 78.7 Å². The predicted molar refractivity (Wildman–Crippen MR) is 114 cm³/mol. The normalized spacial score (nSPS) is 12.0. The average Bonchev–Trinajstić information content (AvgIpc) is 3.13. The number of hydrogen-bond acceptors (Lipinski definition) is 5. The monoisotopic (exact) mass is 400 g/mol. The van der Waals surface area contributed by atoms with Crippen LogP contribution in [-0.4, -0.2) is 59.5 Å². The van der Waals surface area contributed by atoms with Gasteiger partial charge in [-0.3, -0.25) is 9.59 Å². The Hall–Kier alpha value is -2.67. The van der Waals surface area contributed by atoms with Gasteiger partial charge in [0.25, 0.3) is 0 Å². The summed E-state index contributed by atoms with van der Waals surface area (Å²) in [5, 5.41) is 6.50. The molecule has 158 valence electrons. The highest BCUT2D eigenvalue weighted by molar-refractivity contribution is 5.95. The zero-order valence-corrected chi connectivity index (χ0v) is 17.9. The number of carbonyl (C=O) groups excluding carboxylic acids is 2. The van der Waals surface area contributed by atoms with Crippen molar-refractivity contribution in [1.29, 1.82) is 0 Å². The van der Waals surface area contributed by atoms with Crippen LogP contribution < -0.4 is 5.32 Å². The molecular formula is C22H32N4O3. The Kier molecular flexibility index (Phi) is 8.86. The molecule has 0 fully saturated rings. The lowest BCUT2D eigenvalue weighted by Crippen LogP contribution is -2.44. The second-order valence-electron chi connectivity index (χ2n) is 7.03. The van der Waals surface area contributed by atoms with Crippen LogP contribution in [0.25, 0.3) is 0 Å². The van der Waals surface area contributed by atoms with Crippen LogP contribution >= 0.6 is 0 Å². The molecule has 0 radical (unpaired) electrons. The van der Waals surface area contributed by atoms with Gasteiger partial charge in [-0.25, -0.2) is 0 Å². The molecule has 0 aliphatic rings. The molecule has 0 spiro atoms. The van der Waals surface area contributed by atoms with Gasteiger partial charge in [0.05, 0.1) is 12.5 Å². The van der Waals surface area contributed by atoms with Crippen molar-refractivity contribution >= 4 is 17.6 Å². The fourth-order valence-corrected chi connectivity index (χ4v) is 3.31. The third-order valence-electron chi connectivity index (χ3n) is 5.03. The number of aromatic nitrogens is 1. The van der Waals surface area contributed by atoms with Gasteiger partial charge in [-0.05, 0) is 32.0 Å². The molecule has 7 heteroatoms. The molecule has 2 rings (SSSR count). The predicted octanol–water partition coefficient (Wildman–Crippen LogP) is 3.29. The maximum Gasteiger partial charge on any atom is 0.245 e. The average molecular weight is 401 g/mol. The number of hydrogen-bond donors (Lipinski definition) is 1. The molecule has 1 aromatic carbocycles. The Labute approximate surface area is 173 Å². The highest BCUT2D eigenvalue weighted by atomic mass is 16.5. The number of anilines is 1. The molecule has 0 saturated heterocycles. The third kappa shape index (κ3) is 6.71. The smallest absolute Gasteiger partial charge is 0.245 e. The van der Waals surface area contributed by atoms with Gasteiger partial charge in [-0.15, -0.1) is 0 Å². The number of benzene rings is 1. The SMILES string of the molecule is CCC(C(=O)N(CCN(CC)CC)CC(=O)Nc1cc(C)on1)c1ccccc1. The first-order valence-electron chi connectivity index (χ1n) is 10.3. The number of nitrogens with zero attached hydrogens (tertiary/aromatic N) is 3. The van der Waals surface area contributed by atoms with Crippen molar-refractivity contribution in [2.45, 2.75) is 40.0 Å². The van der Waals surface area contributed by atoms with Crippen molar-refractivity contribution in [1.82, 2.24) is 15.0 Å². The standard InChI is InChI=1S/C22H32N4O3/c1-5-19(18-11-9-8-10-12-18)22(28)26(14-13-25(6-2)7-3)16-21(27)23-20-15-17(4)29-24-20/h8-12,15,19H,5-7,13-14,16H2,1-4H3,(H,23,24,27). The summed E-state index contributed by atoms with van der Waals surface area (Å²) in [5.74, 6) is 0.394. The van der Waals surface area contributed by atoms with Crippen LogP contribution in [0.15, 0.2) is 40.9 Å². The van der Waals surface area contributed by atoms with Crippen LogP contribution in [0.5, 0.6) is 0 Å². The number of amides is 2. The van der Waals surface area contributed by atoms with E-state index >= 15 is 0 Å². The Morgan fingerprint density at radius 3 is 2.34 bits per heavy atom. The maximum atomic E-state index is 13.3. The van der Waals surface area contributed by atoms with Gasteiger partial charge in [0.2, 0.25) is 11.8 Å². The van der Waals surface area contributed by atoms with Crippen LogP contribution in [0.2, 0.25) is 0 Å². The van der Waals surface area contributed by atoms with Crippen LogP contribution in [0.4, 0.5) is 5.82 Å². The summed E-state index contributed by atoms with van der Waals surface area (Å²) in [6, 6.07) is 11.4. The first-order valence-corrected chi connectivity index (χ1v) is 10.3. The fourth-order valence-electron chi connectivity index (χ4n) is 3.31. The van der Waals surface area contributed by atoms with Crippen molar-refractivity contribution in [3.63, 3.8) is 0 Å². The number of likely N-dealkylation sites (N-methyl/N-ethyl adjacent to an activating group) is 1. The first kappa shape index (κ1) is 22.6. The Morgan fingerprint density at radius 1 is 1.10 bits per heavy atom. The Morgan fingerprint density at radius 2 is 1.79 bits per heavy atom. The number of carbonyl (C=O) groups is 2. The lowest BCUT2D eigenvalue weighted by atomic mass is 9.95. The molecule has 1 unspecified atom stereocenters. The lowest BCUT2D eigenvalue weighted by Gasteiger charge is -2.29. The van der Waals surface area contributed by atoms with Crippen molar-refractivity contribution in [2.24, 2.45) is 0 Å². The molecule has 29 heavy (non-hydrogen) atoms. The van der Waals surface area contributed by atoms with Gasteiger partial charge in [-0.1, -0.05) is 56.3 Å². The number of aryl methyl sites for hydroxylation is 1. The molecule has 1 aromatic heterocycles. The highest BCUT2D eigenvalue weighted by Crippen LogP contribution is 2.22. The van der Waals surface area contributed by atoms with Crippen LogP contribution in [0.1, 0.15) is 44.4 Å². The van der Waals surface area contributed by atoms with Gasteiger partial charge in [0.1, 0.15) is 5.76 Å². The van der Waals surface area contributed by atoms with Crippen molar-refractivity contribution in [3.05, 3.63) is 47.7 Å². The summed E-state index contributed by atoms with van der Waals surface area (Å²) in [6.45, 7) is 10.9. The second kappa shape index (κ2) is 11.4. The largest absolute Gasteiger partial charge is 0.360 e. The zero-order chi connectivity index (χ0) is 21.2. The number of rotatable bonds is 11. The van der Waals surface area contributed by atoms with Crippen molar-refractivity contribution < 1.29 is 14.1 Å². The molecule has 0 bridgehead atoms. The van der Waals surface area contributed by atoms with Gasteiger partial charge >= 0.3 is 0 Å². The Balaban J connectivity index is 2.13. The molecule has 1 heterocycles. The fraction of sp³-hybridized carbons (Fsp3) is 0.500. The highest BCUT2D eigenvalue weighted by Gasteiger charge is 2.26. The summed E-state index contributed by atoms with van der Waals surface area (Å²) in [7, 11) is 0. The Bertz CT molecular complexity index is 771. The summed E-state index contributed by atoms with van der Waals surface area (Å²) in [4.78, 5) is 29.8. The van der Waals surface area contributed by atoms with Crippen LogP contribution in [0.3, 0.4) is 0 Å². The van der Waals surface area contributed by atoms with E-state index in [1.54, 1.807) is 17.9 Å². The molecule has 0 aliphatic heterocycles. The van der Waals surface area contributed by atoms with E-state index in [2.05, 4.69) is 29.2 Å². The first-order chi connectivity index (χ1) is 14.0. The summed E-state index contributed by atoms with van der Waals surface area (Å²) < 4.78 is 4.99. The summed E-state index contributed by atoms with van der Waals surface area (Å²) in [5.41, 5.74) is 0.973. The second-order valence-corrected chi connectivity index (χ2v) is 7.03. The van der Waals surface area contributed by atoms with Gasteiger partial charge in [-0.2, -0.15) is 0 Å². The third-order valence-corrected chi connectivity index (χ3v) is 5.03. The maximum absolute atomic E-state index is 13.3. The van der Waals surface area contributed by atoms with Crippen molar-refractivity contribution in [2.75, 3.05) is 38.0 Å². The minimum Gasteiger partial charge on any atom is -0.360 e. The molecule has 1 N–H and O–H groups in total. The molecular weight excluding hydrogens is 368 g/mol. The van der Waals surface area contributed by atoms with E-state index in [4.69, 9.17) is 4.52 Å². The molecule has 2 amide bonds. The lowest BCUT2D eigenvalue weighted by molar-refractivity contribution is -0.136.